The van der Waals surface area contributed by atoms with Crippen molar-refractivity contribution in [3.05, 3.63) is 53.6 Å². The number of aryl methyl sites for hydroxylation is 1. The van der Waals surface area contributed by atoms with Crippen molar-refractivity contribution in [1.82, 2.24) is 5.32 Å². The maximum absolute atomic E-state index is 6.20. The van der Waals surface area contributed by atoms with E-state index in [-0.39, 0.29) is 6.04 Å². The van der Waals surface area contributed by atoms with Crippen LogP contribution < -0.4 is 5.32 Å². The van der Waals surface area contributed by atoms with E-state index in [2.05, 4.69) is 75.3 Å². The van der Waals surface area contributed by atoms with Crippen molar-refractivity contribution >= 4 is 54.8 Å². The maximum atomic E-state index is 6.20. The van der Waals surface area contributed by atoms with E-state index >= 15 is 0 Å². The Morgan fingerprint density at radius 2 is 2.05 bits per heavy atom. The first kappa shape index (κ1) is 16.5. The van der Waals surface area contributed by atoms with Gasteiger partial charge in [-0.05, 0) is 65.1 Å². The van der Waals surface area contributed by atoms with Gasteiger partial charge in [0.15, 0.2) is 0 Å². The molecule has 1 atom stereocenters. The molecule has 0 radical (unpaired) electrons. The lowest BCUT2D eigenvalue weighted by atomic mass is 10.00. The minimum Gasteiger partial charge on any atom is -0.306 e. The third kappa shape index (κ3) is 3.86. The van der Waals surface area contributed by atoms with E-state index in [0.29, 0.717) is 0 Å². The van der Waals surface area contributed by atoms with Gasteiger partial charge in [0.1, 0.15) is 4.34 Å². The van der Waals surface area contributed by atoms with Gasteiger partial charge in [-0.1, -0.05) is 40.5 Å². The quantitative estimate of drug-likeness (QED) is 0.577. The van der Waals surface area contributed by atoms with Crippen LogP contribution in [0.5, 0.6) is 0 Å². The van der Waals surface area contributed by atoms with Crippen LogP contribution in [0.2, 0.25) is 4.34 Å². The summed E-state index contributed by atoms with van der Waals surface area (Å²) in [6.07, 6.45) is 1.10. The zero-order valence-electron chi connectivity index (χ0n) is 11.3. The summed E-state index contributed by atoms with van der Waals surface area (Å²) in [4.78, 5) is 1.24. The van der Waals surface area contributed by atoms with E-state index in [0.717, 1.165) is 26.2 Å². The van der Waals surface area contributed by atoms with E-state index in [4.69, 9.17) is 11.6 Å². The van der Waals surface area contributed by atoms with Gasteiger partial charge < -0.3 is 5.32 Å². The summed E-state index contributed by atoms with van der Waals surface area (Å²) in [5.74, 6) is 0. The van der Waals surface area contributed by atoms with E-state index in [1.165, 1.54) is 16.0 Å². The minimum atomic E-state index is 0.192. The van der Waals surface area contributed by atoms with Crippen LogP contribution in [0.4, 0.5) is 0 Å². The molecule has 1 unspecified atom stereocenters. The molecule has 0 saturated carbocycles. The Bertz CT molecular complexity index is 578. The summed E-state index contributed by atoms with van der Waals surface area (Å²) in [6, 6.07) is 8.72. The second-order valence-electron chi connectivity index (χ2n) is 4.66. The van der Waals surface area contributed by atoms with E-state index in [1.54, 1.807) is 11.3 Å². The molecule has 0 amide bonds. The van der Waals surface area contributed by atoms with Gasteiger partial charge in [-0.2, -0.15) is 0 Å². The highest BCUT2D eigenvalue weighted by Crippen LogP contribution is 2.38. The molecule has 0 bridgehead atoms. The third-order valence-corrected chi connectivity index (χ3v) is 6.12. The van der Waals surface area contributed by atoms with Gasteiger partial charge in [0.25, 0.3) is 0 Å². The first-order chi connectivity index (χ1) is 9.52. The lowest BCUT2D eigenvalue weighted by molar-refractivity contribution is 0.603. The predicted molar refractivity (Wildman–Crippen MR) is 96.0 cm³/mol. The van der Waals surface area contributed by atoms with Gasteiger partial charge in [0.2, 0.25) is 0 Å². The average molecular weight is 438 g/mol. The highest BCUT2D eigenvalue weighted by atomic mass is 79.9. The minimum absolute atomic E-state index is 0.192. The molecule has 2 rings (SSSR count). The van der Waals surface area contributed by atoms with Crippen molar-refractivity contribution in [1.29, 1.82) is 0 Å². The van der Waals surface area contributed by atoms with E-state index in [9.17, 15) is 0 Å². The largest absolute Gasteiger partial charge is 0.306 e. The fourth-order valence-electron chi connectivity index (χ4n) is 2.12. The van der Waals surface area contributed by atoms with Crippen molar-refractivity contribution in [3.8, 4) is 0 Å². The van der Waals surface area contributed by atoms with Crippen molar-refractivity contribution in [2.45, 2.75) is 26.3 Å². The number of hydrogen-bond acceptors (Lipinski definition) is 2. The van der Waals surface area contributed by atoms with Gasteiger partial charge in [0.05, 0.1) is 6.04 Å². The van der Waals surface area contributed by atoms with Crippen LogP contribution in [0.3, 0.4) is 0 Å². The van der Waals surface area contributed by atoms with Crippen molar-refractivity contribution in [3.63, 3.8) is 0 Å². The van der Waals surface area contributed by atoms with Crippen molar-refractivity contribution < 1.29 is 0 Å². The van der Waals surface area contributed by atoms with E-state index < -0.39 is 0 Å². The smallest absolute Gasteiger partial charge is 0.107 e. The number of halogens is 3. The molecule has 1 aromatic heterocycles. The van der Waals surface area contributed by atoms with Crippen LogP contribution in [0.1, 0.15) is 35.4 Å². The molecule has 1 N–H and O–H groups in total. The molecule has 2 aromatic rings. The molecule has 0 aliphatic carbocycles. The average Bonchev–Trinajstić information content (AvgIpc) is 2.72. The van der Waals surface area contributed by atoms with Gasteiger partial charge in [-0.25, -0.2) is 0 Å². The molecular weight excluding hydrogens is 422 g/mol. The predicted octanol–water partition coefficient (Wildman–Crippen LogP) is 6.32. The second-order valence-corrected chi connectivity index (χ2v) is 8.11. The highest BCUT2D eigenvalue weighted by Gasteiger charge is 2.19. The van der Waals surface area contributed by atoms with Crippen LogP contribution in [0.25, 0.3) is 0 Å². The lowest BCUT2D eigenvalue weighted by Gasteiger charge is -2.20. The zero-order valence-corrected chi connectivity index (χ0v) is 16.1. The Labute approximate surface area is 146 Å². The lowest BCUT2D eigenvalue weighted by Crippen LogP contribution is -2.23. The fourth-order valence-corrected chi connectivity index (χ4v) is 4.43. The van der Waals surface area contributed by atoms with Gasteiger partial charge in [-0.3, -0.25) is 0 Å². The van der Waals surface area contributed by atoms with Crippen LogP contribution >= 0.6 is 54.8 Å². The number of nitrogens with one attached hydrogen (secondary N) is 1. The van der Waals surface area contributed by atoms with Crippen LogP contribution in [0, 0.1) is 6.92 Å². The summed E-state index contributed by atoms with van der Waals surface area (Å²) in [6.45, 7) is 5.30. The summed E-state index contributed by atoms with van der Waals surface area (Å²) in [5.41, 5.74) is 2.57. The standard InChI is InChI=1S/C15H16Br2ClNS/c1-3-6-19-14(13-8-12(17)15(18)20-13)11-5-4-10(16)7-9(11)2/h4-5,7-8,14,19H,3,6H2,1-2H3. The van der Waals surface area contributed by atoms with Gasteiger partial charge in [-0.15, -0.1) is 11.3 Å². The normalized spacial score (nSPS) is 12.7. The Hall–Kier alpha value is 0.130. The number of rotatable bonds is 5. The SMILES string of the molecule is CCCNC(c1cc(Br)c(Cl)s1)c1ccc(Br)cc1C. The molecule has 1 aromatic carbocycles. The molecule has 1 heterocycles. The van der Waals surface area contributed by atoms with Crippen LogP contribution in [-0.2, 0) is 0 Å². The number of benzene rings is 1. The Kier molecular flexibility index (Phi) is 6.11. The summed E-state index contributed by atoms with van der Waals surface area (Å²) < 4.78 is 2.88. The molecule has 0 spiro atoms. The summed E-state index contributed by atoms with van der Waals surface area (Å²) >= 11 is 14.8. The first-order valence-corrected chi connectivity index (χ1v) is 9.25. The molecule has 20 heavy (non-hydrogen) atoms. The summed E-state index contributed by atoms with van der Waals surface area (Å²) in [7, 11) is 0. The molecule has 5 heteroatoms. The number of hydrogen-bond donors (Lipinski definition) is 1. The van der Waals surface area contributed by atoms with Crippen molar-refractivity contribution in [2.75, 3.05) is 6.54 Å². The van der Waals surface area contributed by atoms with Crippen LogP contribution in [0.15, 0.2) is 33.2 Å². The Morgan fingerprint density at radius 3 is 2.60 bits per heavy atom. The zero-order chi connectivity index (χ0) is 14.7. The molecule has 1 nitrogen and oxygen atoms in total. The van der Waals surface area contributed by atoms with Crippen molar-refractivity contribution in [2.24, 2.45) is 0 Å². The molecule has 0 fully saturated rings. The molecule has 0 aliphatic rings. The Balaban J connectivity index is 2.41. The first-order valence-electron chi connectivity index (χ1n) is 6.47. The summed E-state index contributed by atoms with van der Waals surface area (Å²) in [5, 5.41) is 3.62. The molecule has 0 saturated heterocycles. The monoisotopic (exact) mass is 435 g/mol. The molecule has 108 valence electrons. The highest BCUT2D eigenvalue weighted by molar-refractivity contribution is 9.10. The van der Waals surface area contributed by atoms with Gasteiger partial charge in [0, 0.05) is 13.8 Å². The van der Waals surface area contributed by atoms with E-state index in [1.807, 2.05) is 0 Å². The topological polar surface area (TPSA) is 12.0 Å². The van der Waals surface area contributed by atoms with Crippen LogP contribution in [-0.4, -0.2) is 6.54 Å². The second kappa shape index (κ2) is 7.41. The van der Waals surface area contributed by atoms with Gasteiger partial charge >= 0.3 is 0 Å². The fraction of sp³-hybridized carbons (Fsp3) is 0.333. The third-order valence-electron chi connectivity index (χ3n) is 3.09. The number of thiophene rings is 1. The Morgan fingerprint density at radius 1 is 1.30 bits per heavy atom. The maximum Gasteiger partial charge on any atom is 0.107 e. The molecule has 0 aliphatic heterocycles. The molecular formula is C15H16Br2ClNS.